The summed E-state index contributed by atoms with van der Waals surface area (Å²) < 4.78 is 0. The second-order valence-corrected chi connectivity index (χ2v) is 3.45. The lowest BCUT2D eigenvalue weighted by molar-refractivity contribution is -0.145. The van der Waals surface area contributed by atoms with Crippen LogP contribution in [0.3, 0.4) is 0 Å². The Labute approximate surface area is 77.5 Å². The molecule has 1 rings (SSSR count). The Hall–Kier alpha value is -0.900. The number of hydrogen-bond donors (Lipinski definition) is 1. The first-order chi connectivity index (χ1) is 6.11. The normalized spacial score (nSPS) is 21.5. The Morgan fingerprint density at radius 3 is 2.15 bits per heavy atom. The van der Waals surface area contributed by atoms with E-state index < -0.39 is 6.10 Å². The molecule has 0 aromatic rings. The minimum absolute atomic E-state index is 0.137. The van der Waals surface area contributed by atoms with Crippen molar-refractivity contribution >= 4 is 11.8 Å². The van der Waals surface area contributed by atoms with E-state index in [0.717, 1.165) is 12.8 Å². The van der Waals surface area contributed by atoms with Gasteiger partial charge in [0.2, 0.25) is 11.8 Å². The predicted octanol–water partition coefficient (Wildman–Crippen LogP) is 0.296. The monoisotopic (exact) mass is 185 g/mol. The molecule has 1 atom stereocenters. The van der Waals surface area contributed by atoms with Gasteiger partial charge >= 0.3 is 0 Å². The molecule has 74 valence electrons. The van der Waals surface area contributed by atoms with Gasteiger partial charge in [0.25, 0.3) is 0 Å². The number of amides is 2. The lowest BCUT2D eigenvalue weighted by Gasteiger charge is -2.19. The average molecular weight is 185 g/mol. The molecule has 0 saturated carbocycles. The van der Waals surface area contributed by atoms with Crippen LogP contribution in [0.5, 0.6) is 0 Å². The number of carbonyl (C=O) groups excluding carboxylic acids is 2. The van der Waals surface area contributed by atoms with Crippen molar-refractivity contribution in [1.82, 2.24) is 4.90 Å². The van der Waals surface area contributed by atoms with E-state index in [2.05, 4.69) is 0 Å². The quantitative estimate of drug-likeness (QED) is 0.629. The molecule has 1 aliphatic rings. The van der Waals surface area contributed by atoms with Gasteiger partial charge in [0.05, 0.1) is 12.6 Å². The molecular formula is C9H15NO3. The van der Waals surface area contributed by atoms with E-state index in [1.165, 1.54) is 4.90 Å². The predicted molar refractivity (Wildman–Crippen MR) is 46.9 cm³/mol. The molecule has 4 nitrogen and oxygen atoms in total. The Kier molecular flexibility index (Phi) is 3.42. The van der Waals surface area contributed by atoms with Crippen molar-refractivity contribution in [3.05, 3.63) is 0 Å². The Morgan fingerprint density at radius 2 is 1.77 bits per heavy atom. The summed E-state index contributed by atoms with van der Waals surface area (Å²) in [5.74, 6) is -0.299. The standard InChI is InChI=1S/C9H15NO3/c1-7(11)6-10-8(12)4-2-3-5-9(10)13/h7,11H,2-6H2,1H3/t7-/m0/s1. The van der Waals surface area contributed by atoms with Gasteiger partial charge < -0.3 is 5.11 Å². The van der Waals surface area contributed by atoms with Crippen molar-refractivity contribution in [2.24, 2.45) is 0 Å². The molecular weight excluding hydrogens is 170 g/mol. The molecule has 1 N–H and O–H groups in total. The molecule has 2 amide bonds. The summed E-state index contributed by atoms with van der Waals surface area (Å²) in [7, 11) is 0. The van der Waals surface area contributed by atoms with Crippen LogP contribution in [0.4, 0.5) is 0 Å². The van der Waals surface area contributed by atoms with Gasteiger partial charge in [0.1, 0.15) is 0 Å². The minimum Gasteiger partial charge on any atom is -0.392 e. The van der Waals surface area contributed by atoms with E-state index in [1.807, 2.05) is 0 Å². The molecule has 1 saturated heterocycles. The molecule has 13 heavy (non-hydrogen) atoms. The fourth-order valence-electron chi connectivity index (χ4n) is 1.43. The van der Waals surface area contributed by atoms with Crippen LogP contribution in [-0.4, -0.2) is 34.5 Å². The zero-order chi connectivity index (χ0) is 9.84. The highest BCUT2D eigenvalue weighted by atomic mass is 16.3. The van der Waals surface area contributed by atoms with Gasteiger partial charge in [0, 0.05) is 12.8 Å². The zero-order valence-corrected chi connectivity index (χ0v) is 7.82. The molecule has 0 aromatic heterocycles. The largest absolute Gasteiger partial charge is 0.392 e. The molecule has 0 spiro atoms. The summed E-state index contributed by atoms with van der Waals surface area (Å²) in [5, 5.41) is 9.09. The lowest BCUT2D eigenvalue weighted by Crippen LogP contribution is -2.39. The third-order valence-corrected chi connectivity index (χ3v) is 2.08. The number of aliphatic hydroxyl groups is 1. The third-order valence-electron chi connectivity index (χ3n) is 2.08. The Bertz CT molecular complexity index is 195. The minimum atomic E-state index is -0.633. The Morgan fingerprint density at radius 1 is 1.31 bits per heavy atom. The van der Waals surface area contributed by atoms with E-state index in [9.17, 15) is 9.59 Å². The second-order valence-electron chi connectivity index (χ2n) is 3.45. The molecule has 1 aliphatic heterocycles. The van der Waals surface area contributed by atoms with Gasteiger partial charge in [0.15, 0.2) is 0 Å². The van der Waals surface area contributed by atoms with Gasteiger partial charge in [-0.3, -0.25) is 14.5 Å². The molecule has 0 aliphatic carbocycles. The SMILES string of the molecule is C[C@H](O)CN1C(=O)CCCCC1=O. The van der Waals surface area contributed by atoms with Crippen molar-refractivity contribution in [2.45, 2.75) is 38.7 Å². The summed E-state index contributed by atoms with van der Waals surface area (Å²) in [5.41, 5.74) is 0. The summed E-state index contributed by atoms with van der Waals surface area (Å²) in [4.78, 5) is 23.9. The molecule has 0 bridgehead atoms. The van der Waals surface area contributed by atoms with E-state index >= 15 is 0 Å². The van der Waals surface area contributed by atoms with Gasteiger partial charge in [-0.05, 0) is 19.8 Å². The number of rotatable bonds is 2. The van der Waals surface area contributed by atoms with E-state index in [4.69, 9.17) is 5.11 Å². The maximum atomic E-state index is 11.4. The van der Waals surface area contributed by atoms with E-state index in [0.29, 0.717) is 12.8 Å². The van der Waals surface area contributed by atoms with Gasteiger partial charge in [-0.2, -0.15) is 0 Å². The first-order valence-corrected chi connectivity index (χ1v) is 4.62. The molecule has 0 aromatic carbocycles. The van der Waals surface area contributed by atoms with Crippen molar-refractivity contribution in [3.63, 3.8) is 0 Å². The van der Waals surface area contributed by atoms with Crippen LogP contribution in [0, 0.1) is 0 Å². The van der Waals surface area contributed by atoms with Crippen molar-refractivity contribution in [3.8, 4) is 0 Å². The first-order valence-electron chi connectivity index (χ1n) is 4.62. The van der Waals surface area contributed by atoms with Crippen LogP contribution in [0.1, 0.15) is 32.6 Å². The van der Waals surface area contributed by atoms with Crippen LogP contribution in [0.2, 0.25) is 0 Å². The molecule has 1 heterocycles. The van der Waals surface area contributed by atoms with Crippen LogP contribution >= 0.6 is 0 Å². The molecule has 4 heteroatoms. The fraction of sp³-hybridized carbons (Fsp3) is 0.778. The van der Waals surface area contributed by atoms with Crippen molar-refractivity contribution in [2.75, 3.05) is 6.54 Å². The zero-order valence-electron chi connectivity index (χ0n) is 7.82. The lowest BCUT2D eigenvalue weighted by atomic mass is 10.2. The summed E-state index contributed by atoms with van der Waals surface area (Å²) >= 11 is 0. The average Bonchev–Trinajstić information content (AvgIpc) is 2.18. The molecule has 0 unspecified atom stereocenters. The number of aliphatic hydroxyl groups excluding tert-OH is 1. The molecule has 0 radical (unpaired) electrons. The van der Waals surface area contributed by atoms with Crippen LogP contribution < -0.4 is 0 Å². The molecule has 1 fully saturated rings. The van der Waals surface area contributed by atoms with Crippen LogP contribution in [-0.2, 0) is 9.59 Å². The Balaban J connectivity index is 2.63. The summed E-state index contributed by atoms with van der Waals surface area (Å²) in [6.07, 6.45) is 1.78. The number of likely N-dealkylation sites (tertiary alicyclic amines) is 1. The number of imide groups is 1. The van der Waals surface area contributed by atoms with E-state index in [-0.39, 0.29) is 18.4 Å². The van der Waals surface area contributed by atoms with Crippen molar-refractivity contribution in [1.29, 1.82) is 0 Å². The van der Waals surface area contributed by atoms with Gasteiger partial charge in [-0.15, -0.1) is 0 Å². The highest BCUT2D eigenvalue weighted by molar-refractivity contribution is 5.96. The maximum absolute atomic E-state index is 11.4. The van der Waals surface area contributed by atoms with Gasteiger partial charge in [-0.25, -0.2) is 0 Å². The number of β-amino-alcohol motifs (C(OH)–C–C–N with tert-alkyl or cyclic N) is 1. The van der Waals surface area contributed by atoms with E-state index in [1.54, 1.807) is 6.92 Å². The summed E-state index contributed by atoms with van der Waals surface area (Å²) in [6, 6.07) is 0. The number of carbonyl (C=O) groups is 2. The van der Waals surface area contributed by atoms with Crippen LogP contribution in [0.15, 0.2) is 0 Å². The summed E-state index contributed by atoms with van der Waals surface area (Å²) in [6.45, 7) is 1.71. The van der Waals surface area contributed by atoms with Crippen molar-refractivity contribution < 1.29 is 14.7 Å². The van der Waals surface area contributed by atoms with Crippen LogP contribution in [0.25, 0.3) is 0 Å². The van der Waals surface area contributed by atoms with Gasteiger partial charge in [-0.1, -0.05) is 0 Å². The maximum Gasteiger partial charge on any atom is 0.229 e. The highest BCUT2D eigenvalue weighted by Crippen LogP contribution is 2.12. The third kappa shape index (κ3) is 2.81. The smallest absolute Gasteiger partial charge is 0.229 e. The highest BCUT2D eigenvalue weighted by Gasteiger charge is 2.24. The second kappa shape index (κ2) is 4.37. The number of hydrogen-bond acceptors (Lipinski definition) is 3. The fourth-order valence-corrected chi connectivity index (χ4v) is 1.43. The first kappa shape index (κ1) is 10.2. The number of nitrogens with zero attached hydrogens (tertiary/aromatic N) is 1. The topological polar surface area (TPSA) is 57.6 Å².